The van der Waals surface area contributed by atoms with Gasteiger partial charge in [0.2, 0.25) is 0 Å². The second-order valence-corrected chi connectivity index (χ2v) is 6.59. The van der Waals surface area contributed by atoms with E-state index in [4.69, 9.17) is 8.83 Å². The number of carbonyl (C=O) groups is 1. The highest BCUT2D eigenvalue weighted by Crippen LogP contribution is 2.25. The fourth-order valence-corrected chi connectivity index (χ4v) is 3.26. The Hall–Kier alpha value is -2.76. The van der Waals surface area contributed by atoms with Gasteiger partial charge >= 0.3 is 0 Å². The first-order valence-corrected chi connectivity index (χ1v) is 8.57. The van der Waals surface area contributed by atoms with Crippen molar-refractivity contribution in [3.05, 3.63) is 47.4 Å². The molecule has 1 fully saturated rings. The van der Waals surface area contributed by atoms with Crippen LogP contribution in [0.2, 0.25) is 0 Å². The Morgan fingerprint density at radius 1 is 1.24 bits per heavy atom. The number of rotatable bonds is 3. The zero-order chi connectivity index (χ0) is 17.4. The summed E-state index contributed by atoms with van der Waals surface area (Å²) in [5.74, 6) is 0.582. The van der Waals surface area contributed by atoms with E-state index in [2.05, 4.69) is 15.2 Å². The van der Waals surface area contributed by atoms with Gasteiger partial charge in [-0.05, 0) is 50.5 Å². The molecular formula is C19H21N3O3. The first kappa shape index (κ1) is 15.7. The van der Waals surface area contributed by atoms with E-state index in [1.807, 2.05) is 25.1 Å². The summed E-state index contributed by atoms with van der Waals surface area (Å²) in [6.45, 7) is 5.46. The molecule has 0 unspecified atom stereocenters. The molecule has 130 valence electrons. The molecule has 1 aromatic carbocycles. The normalized spacial score (nSPS) is 15.7. The van der Waals surface area contributed by atoms with Gasteiger partial charge in [0.05, 0.1) is 11.8 Å². The molecule has 0 radical (unpaired) electrons. The van der Waals surface area contributed by atoms with Crippen molar-refractivity contribution in [2.45, 2.75) is 32.7 Å². The minimum Gasteiger partial charge on any atom is -0.469 e. The lowest BCUT2D eigenvalue weighted by atomic mass is 10.0. The van der Waals surface area contributed by atoms with Crippen LogP contribution in [0.3, 0.4) is 0 Å². The van der Waals surface area contributed by atoms with Gasteiger partial charge < -0.3 is 19.1 Å². The summed E-state index contributed by atoms with van der Waals surface area (Å²) in [6.07, 6.45) is 3.27. The van der Waals surface area contributed by atoms with E-state index in [0.717, 1.165) is 37.0 Å². The Morgan fingerprint density at radius 3 is 2.76 bits per heavy atom. The number of hydrogen-bond donors (Lipinski definition) is 1. The number of hydrogen-bond acceptors (Lipinski definition) is 5. The molecule has 0 spiro atoms. The highest BCUT2D eigenvalue weighted by Gasteiger charge is 2.24. The summed E-state index contributed by atoms with van der Waals surface area (Å²) in [5, 5.41) is 3.09. The highest BCUT2D eigenvalue weighted by atomic mass is 16.4. The topological polar surface area (TPSA) is 71.5 Å². The SMILES string of the molecule is Cc1ccc2oc(N3CCC(NC(=O)c4ccoc4C)CC3)nc2c1. The van der Waals surface area contributed by atoms with Crippen molar-refractivity contribution < 1.29 is 13.6 Å². The third-order valence-corrected chi connectivity index (χ3v) is 4.74. The van der Waals surface area contributed by atoms with Crippen molar-refractivity contribution >= 4 is 23.0 Å². The van der Waals surface area contributed by atoms with Crippen LogP contribution < -0.4 is 10.2 Å². The van der Waals surface area contributed by atoms with E-state index in [1.54, 1.807) is 19.3 Å². The number of aryl methyl sites for hydroxylation is 2. The third-order valence-electron chi connectivity index (χ3n) is 4.74. The Balaban J connectivity index is 1.39. The molecule has 0 atom stereocenters. The number of piperidine rings is 1. The summed E-state index contributed by atoms with van der Waals surface area (Å²) in [7, 11) is 0. The van der Waals surface area contributed by atoms with E-state index in [9.17, 15) is 4.79 Å². The van der Waals surface area contributed by atoms with Gasteiger partial charge in [-0.1, -0.05) is 6.07 Å². The molecule has 2 aromatic heterocycles. The molecule has 4 rings (SSSR count). The van der Waals surface area contributed by atoms with E-state index in [0.29, 0.717) is 17.3 Å². The quantitative estimate of drug-likeness (QED) is 0.791. The average molecular weight is 339 g/mol. The Morgan fingerprint density at radius 2 is 2.04 bits per heavy atom. The Bertz CT molecular complexity index is 904. The van der Waals surface area contributed by atoms with Gasteiger partial charge in [-0.3, -0.25) is 4.79 Å². The van der Waals surface area contributed by atoms with E-state index < -0.39 is 0 Å². The van der Waals surface area contributed by atoms with Gasteiger partial charge in [-0.15, -0.1) is 0 Å². The van der Waals surface area contributed by atoms with Gasteiger partial charge in [-0.25, -0.2) is 0 Å². The van der Waals surface area contributed by atoms with Gasteiger partial charge in [0, 0.05) is 19.1 Å². The van der Waals surface area contributed by atoms with Crippen LogP contribution in [0.25, 0.3) is 11.1 Å². The Kier molecular flexibility index (Phi) is 3.95. The zero-order valence-electron chi connectivity index (χ0n) is 14.4. The number of benzene rings is 1. The third kappa shape index (κ3) is 3.12. The zero-order valence-corrected chi connectivity index (χ0v) is 14.4. The maximum atomic E-state index is 12.3. The number of nitrogens with one attached hydrogen (secondary N) is 1. The molecule has 6 nitrogen and oxygen atoms in total. The van der Waals surface area contributed by atoms with E-state index in [-0.39, 0.29) is 11.9 Å². The first-order valence-electron chi connectivity index (χ1n) is 8.57. The van der Waals surface area contributed by atoms with Crippen molar-refractivity contribution in [3.63, 3.8) is 0 Å². The van der Waals surface area contributed by atoms with Crippen LogP contribution in [-0.2, 0) is 0 Å². The van der Waals surface area contributed by atoms with Crippen LogP contribution in [0, 0.1) is 13.8 Å². The lowest BCUT2D eigenvalue weighted by Crippen LogP contribution is -2.44. The molecule has 0 saturated carbocycles. The molecule has 3 aromatic rings. The molecule has 1 aliphatic rings. The summed E-state index contributed by atoms with van der Waals surface area (Å²) in [4.78, 5) is 19.0. The van der Waals surface area contributed by atoms with Crippen LogP contribution in [0.1, 0.15) is 34.5 Å². The number of anilines is 1. The molecule has 25 heavy (non-hydrogen) atoms. The molecular weight excluding hydrogens is 318 g/mol. The Labute approximate surface area is 145 Å². The van der Waals surface area contributed by atoms with Gasteiger partial charge in [-0.2, -0.15) is 4.98 Å². The second-order valence-electron chi connectivity index (χ2n) is 6.59. The molecule has 0 bridgehead atoms. The van der Waals surface area contributed by atoms with E-state index >= 15 is 0 Å². The number of fused-ring (bicyclic) bond motifs is 1. The van der Waals surface area contributed by atoms with Gasteiger partial charge in [0.15, 0.2) is 5.58 Å². The van der Waals surface area contributed by atoms with Crippen LogP contribution in [0.15, 0.2) is 39.4 Å². The average Bonchev–Trinajstić information content (AvgIpc) is 3.21. The fourth-order valence-electron chi connectivity index (χ4n) is 3.26. The van der Waals surface area contributed by atoms with E-state index in [1.165, 1.54) is 5.56 Å². The second kappa shape index (κ2) is 6.27. The summed E-state index contributed by atoms with van der Waals surface area (Å²) < 4.78 is 11.1. The van der Waals surface area contributed by atoms with Crippen molar-refractivity contribution in [1.29, 1.82) is 0 Å². The number of furan rings is 1. The number of nitrogens with zero attached hydrogens (tertiary/aromatic N) is 2. The summed E-state index contributed by atoms with van der Waals surface area (Å²) >= 11 is 0. The molecule has 1 amide bonds. The predicted molar refractivity (Wildman–Crippen MR) is 94.9 cm³/mol. The van der Waals surface area contributed by atoms with Crippen molar-refractivity contribution in [2.24, 2.45) is 0 Å². The lowest BCUT2D eigenvalue weighted by Gasteiger charge is -2.31. The monoisotopic (exact) mass is 339 g/mol. The van der Waals surface area contributed by atoms with Crippen molar-refractivity contribution in [3.8, 4) is 0 Å². The fraction of sp³-hybridized carbons (Fsp3) is 0.368. The molecule has 3 heterocycles. The first-order chi connectivity index (χ1) is 12.1. The molecule has 0 aliphatic carbocycles. The molecule has 6 heteroatoms. The number of amides is 1. The van der Waals surface area contributed by atoms with Crippen LogP contribution >= 0.6 is 0 Å². The maximum absolute atomic E-state index is 12.3. The highest BCUT2D eigenvalue weighted by molar-refractivity contribution is 5.95. The summed E-state index contributed by atoms with van der Waals surface area (Å²) in [5.41, 5.74) is 3.48. The molecule has 1 aliphatic heterocycles. The lowest BCUT2D eigenvalue weighted by molar-refractivity contribution is 0.0929. The predicted octanol–water partition coefficient (Wildman–Crippen LogP) is 3.44. The number of aromatic nitrogens is 1. The van der Waals surface area contributed by atoms with Gasteiger partial charge in [0.25, 0.3) is 11.9 Å². The van der Waals surface area contributed by atoms with Crippen molar-refractivity contribution in [1.82, 2.24) is 10.3 Å². The molecule has 1 N–H and O–H groups in total. The minimum atomic E-state index is -0.0676. The van der Waals surface area contributed by atoms with Crippen molar-refractivity contribution in [2.75, 3.05) is 18.0 Å². The van der Waals surface area contributed by atoms with Crippen LogP contribution in [-0.4, -0.2) is 30.0 Å². The van der Waals surface area contributed by atoms with Gasteiger partial charge in [0.1, 0.15) is 11.3 Å². The smallest absolute Gasteiger partial charge is 0.298 e. The standard InChI is InChI=1S/C19H21N3O3/c1-12-3-4-17-16(11-12)21-19(25-17)22-8-5-14(6-9-22)20-18(23)15-7-10-24-13(15)2/h3-4,7,10-11,14H,5-6,8-9H2,1-2H3,(H,20,23). The molecule has 1 saturated heterocycles. The number of oxazole rings is 1. The minimum absolute atomic E-state index is 0.0676. The summed E-state index contributed by atoms with van der Waals surface area (Å²) in [6, 6.07) is 8.54. The van der Waals surface area contributed by atoms with Crippen LogP contribution in [0.5, 0.6) is 0 Å². The maximum Gasteiger partial charge on any atom is 0.298 e. The largest absolute Gasteiger partial charge is 0.469 e. The number of carbonyl (C=O) groups excluding carboxylic acids is 1. The van der Waals surface area contributed by atoms with Crippen LogP contribution in [0.4, 0.5) is 6.01 Å².